The molecule has 0 saturated heterocycles. The molecule has 2 aliphatic carbocycles. The van der Waals surface area contributed by atoms with Crippen molar-refractivity contribution in [3.8, 4) is 0 Å². The smallest absolute Gasteiger partial charge is 0.326 e. The maximum absolute atomic E-state index is 12.2. The van der Waals surface area contributed by atoms with Crippen LogP contribution in [0.2, 0.25) is 0 Å². The van der Waals surface area contributed by atoms with Crippen molar-refractivity contribution in [3.63, 3.8) is 0 Å². The van der Waals surface area contributed by atoms with Gasteiger partial charge in [-0.1, -0.05) is 0 Å². The van der Waals surface area contributed by atoms with E-state index in [4.69, 9.17) is 9.47 Å². The Labute approximate surface area is 115 Å². The van der Waals surface area contributed by atoms with E-state index in [1.165, 1.54) is 20.0 Å². The molecule has 2 saturated carbocycles. The zero-order chi connectivity index (χ0) is 13.9. The Morgan fingerprint density at radius 3 is 2.68 bits per heavy atom. The third-order valence-corrected chi connectivity index (χ3v) is 4.39. The topological polar surface area (TPSA) is 50.8 Å². The lowest BCUT2D eigenvalue weighted by Crippen LogP contribution is -2.52. The fraction of sp³-hybridized carbons (Fsp3) is 0.929. The molecule has 2 aliphatic rings. The maximum atomic E-state index is 12.2. The Kier molecular flexibility index (Phi) is 4.81. The molecular weight excluding hydrogens is 244 g/mol. The number of esters is 1. The SMILES string of the molecule is COCCN(C)C1CCC(NC2CC2)(C(=O)OC)C1. The van der Waals surface area contributed by atoms with Crippen molar-refractivity contribution in [2.75, 3.05) is 34.4 Å². The fourth-order valence-corrected chi connectivity index (χ4v) is 3.00. The van der Waals surface area contributed by atoms with Gasteiger partial charge >= 0.3 is 5.97 Å². The average Bonchev–Trinajstić information content (AvgIpc) is 3.12. The van der Waals surface area contributed by atoms with Gasteiger partial charge in [0.2, 0.25) is 0 Å². The first kappa shape index (κ1) is 14.8. The Morgan fingerprint density at radius 2 is 2.11 bits per heavy atom. The lowest BCUT2D eigenvalue weighted by Gasteiger charge is -2.30. The third-order valence-electron chi connectivity index (χ3n) is 4.39. The van der Waals surface area contributed by atoms with Crippen LogP contribution in [0.3, 0.4) is 0 Å². The quantitative estimate of drug-likeness (QED) is 0.693. The average molecular weight is 270 g/mol. The summed E-state index contributed by atoms with van der Waals surface area (Å²) in [4.78, 5) is 14.4. The number of ether oxygens (including phenoxy) is 2. The number of nitrogens with one attached hydrogen (secondary N) is 1. The summed E-state index contributed by atoms with van der Waals surface area (Å²) in [6.45, 7) is 1.64. The van der Waals surface area contributed by atoms with Gasteiger partial charge in [0.1, 0.15) is 5.54 Å². The predicted molar refractivity (Wildman–Crippen MR) is 73.0 cm³/mol. The van der Waals surface area contributed by atoms with E-state index >= 15 is 0 Å². The normalized spacial score (nSPS) is 30.8. The molecule has 0 aromatic carbocycles. The van der Waals surface area contributed by atoms with E-state index in [0.717, 1.165) is 32.4 Å². The molecule has 1 N–H and O–H groups in total. The van der Waals surface area contributed by atoms with E-state index < -0.39 is 5.54 Å². The number of rotatable bonds is 7. The lowest BCUT2D eigenvalue weighted by atomic mass is 9.97. The molecule has 2 rings (SSSR count). The van der Waals surface area contributed by atoms with Crippen LogP contribution in [0.4, 0.5) is 0 Å². The van der Waals surface area contributed by atoms with Gasteiger partial charge in [0.15, 0.2) is 0 Å². The molecule has 19 heavy (non-hydrogen) atoms. The predicted octanol–water partition coefficient (Wildman–Crippen LogP) is 0.781. The first-order chi connectivity index (χ1) is 9.11. The largest absolute Gasteiger partial charge is 0.468 e. The molecule has 5 heteroatoms. The number of hydrogen-bond donors (Lipinski definition) is 1. The molecule has 0 amide bonds. The standard InChI is InChI=1S/C14H26N2O3/c1-16(8-9-18-2)12-6-7-14(10-12,13(17)19-3)15-11-4-5-11/h11-12,15H,4-10H2,1-3H3. The van der Waals surface area contributed by atoms with Crippen LogP contribution in [0.15, 0.2) is 0 Å². The summed E-state index contributed by atoms with van der Waals surface area (Å²) >= 11 is 0. The van der Waals surface area contributed by atoms with Crippen LogP contribution in [0.1, 0.15) is 32.1 Å². The highest BCUT2D eigenvalue weighted by Gasteiger charge is 2.49. The molecule has 110 valence electrons. The summed E-state index contributed by atoms with van der Waals surface area (Å²) in [5.74, 6) is -0.0953. The van der Waals surface area contributed by atoms with E-state index in [9.17, 15) is 4.79 Å². The van der Waals surface area contributed by atoms with Gasteiger partial charge in [0, 0.05) is 25.7 Å². The third kappa shape index (κ3) is 3.46. The van der Waals surface area contributed by atoms with Crippen LogP contribution in [0.5, 0.6) is 0 Å². The number of hydrogen-bond acceptors (Lipinski definition) is 5. The maximum Gasteiger partial charge on any atom is 0.326 e. The van der Waals surface area contributed by atoms with Crippen molar-refractivity contribution in [2.24, 2.45) is 0 Å². The summed E-state index contributed by atoms with van der Waals surface area (Å²) in [5, 5.41) is 3.53. The second-order valence-corrected chi connectivity index (χ2v) is 5.86. The summed E-state index contributed by atoms with van der Waals surface area (Å²) in [7, 11) is 5.31. The molecule has 2 fully saturated rings. The van der Waals surface area contributed by atoms with E-state index in [-0.39, 0.29) is 5.97 Å². The van der Waals surface area contributed by atoms with E-state index in [2.05, 4.69) is 17.3 Å². The van der Waals surface area contributed by atoms with Crippen molar-refractivity contribution in [1.82, 2.24) is 10.2 Å². The Hall–Kier alpha value is -0.650. The Balaban J connectivity index is 1.95. The Bertz CT molecular complexity index is 320. The van der Waals surface area contributed by atoms with Gasteiger partial charge in [-0.05, 0) is 39.2 Å². The molecule has 0 bridgehead atoms. The van der Waals surface area contributed by atoms with Crippen molar-refractivity contribution in [1.29, 1.82) is 0 Å². The molecule has 0 aromatic heterocycles. The summed E-state index contributed by atoms with van der Waals surface area (Å²) in [5.41, 5.74) is -0.456. The summed E-state index contributed by atoms with van der Waals surface area (Å²) in [6, 6.07) is 0.947. The van der Waals surface area contributed by atoms with Crippen LogP contribution in [0.25, 0.3) is 0 Å². The monoisotopic (exact) mass is 270 g/mol. The summed E-state index contributed by atoms with van der Waals surface area (Å²) in [6.07, 6.45) is 5.12. The molecular formula is C14H26N2O3. The van der Waals surface area contributed by atoms with Crippen molar-refractivity contribution >= 4 is 5.97 Å². The second kappa shape index (κ2) is 6.20. The van der Waals surface area contributed by atoms with Crippen LogP contribution in [0, 0.1) is 0 Å². The van der Waals surface area contributed by atoms with Gasteiger partial charge in [0.05, 0.1) is 13.7 Å². The van der Waals surface area contributed by atoms with Gasteiger partial charge in [0.25, 0.3) is 0 Å². The van der Waals surface area contributed by atoms with Crippen molar-refractivity contribution < 1.29 is 14.3 Å². The van der Waals surface area contributed by atoms with Crippen LogP contribution < -0.4 is 5.32 Å². The number of carbonyl (C=O) groups excluding carboxylic acids is 1. The van der Waals surface area contributed by atoms with Gasteiger partial charge in [-0.25, -0.2) is 0 Å². The molecule has 0 heterocycles. The van der Waals surface area contributed by atoms with Crippen LogP contribution >= 0.6 is 0 Å². The first-order valence-corrected chi connectivity index (χ1v) is 7.16. The lowest BCUT2D eigenvalue weighted by molar-refractivity contribution is -0.148. The molecule has 5 nitrogen and oxygen atoms in total. The highest BCUT2D eigenvalue weighted by Crippen LogP contribution is 2.36. The van der Waals surface area contributed by atoms with E-state index in [1.54, 1.807) is 7.11 Å². The molecule has 0 aromatic rings. The van der Waals surface area contributed by atoms with Crippen LogP contribution in [-0.4, -0.2) is 62.9 Å². The number of likely N-dealkylation sites (N-methyl/N-ethyl adjacent to an activating group) is 1. The molecule has 2 unspecified atom stereocenters. The van der Waals surface area contributed by atoms with Gasteiger partial charge in [-0.2, -0.15) is 0 Å². The molecule has 0 aliphatic heterocycles. The minimum absolute atomic E-state index is 0.0953. The highest BCUT2D eigenvalue weighted by atomic mass is 16.5. The fourth-order valence-electron chi connectivity index (χ4n) is 3.00. The molecule has 0 spiro atoms. The summed E-state index contributed by atoms with van der Waals surface area (Å²) < 4.78 is 10.1. The van der Waals surface area contributed by atoms with Gasteiger partial charge in [-0.3, -0.25) is 10.1 Å². The van der Waals surface area contributed by atoms with Crippen molar-refractivity contribution in [3.05, 3.63) is 0 Å². The van der Waals surface area contributed by atoms with Crippen molar-refractivity contribution in [2.45, 2.75) is 49.7 Å². The highest BCUT2D eigenvalue weighted by molar-refractivity contribution is 5.81. The number of methoxy groups -OCH3 is 2. The number of carbonyl (C=O) groups is 1. The number of nitrogens with zero attached hydrogens (tertiary/aromatic N) is 1. The zero-order valence-electron chi connectivity index (χ0n) is 12.3. The minimum atomic E-state index is -0.456. The molecule has 2 atom stereocenters. The first-order valence-electron chi connectivity index (χ1n) is 7.16. The molecule has 0 radical (unpaired) electrons. The van der Waals surface area contributed by atoms with E-state index in [1.807, 2.05) is 0 Å². The van der Waals surface area contributed by atoms with E-state index in [0.29, 0.717) is 12.1 Å². The Morgan fingerprint density at radius 1 is 1.37 bits per heavy atom. The minimum Gasteiger partial charge on any atom is -0.468 e. The van der Waals surface area contributed by atoms with Gasteiger partial charge < -0.3 is 14.4 Å². The van der Waals surface area contributed by atoms with Crippen LogP contribution in [-0.2, 0) is 14.3 Å². The second-order valence-electron chi connectivity index (χ2n) is 5.86. The zero-order valence-corrected chi connectivity index (χ0v) is 12.3. The van der Waals surface area contributed by atoms with Gasteiger partial charge in [-0.15, -0.1) is 0 Å².